The van der Waals surface area contributed by atoms with Gasteiger partial charge in [0.1, 0.15) is 5.60 Å². The molecule has 2 heterocycles. The Bertz CT molecular complexity index is 449. The van der Waals surface area contributed by atoms with Crippen molar-refractivity contribution in [2.24, 2.45) is 5.41 Å². The van der Waals surface area contributed by atoms with Crippen LogP contribution in [0.5, 0.6) is 0 Å². The number of ether oxygens (including phenoxy) is 1. The lowest BCUT2D eigenvalue weighted by Crippen LogP contribution is -2.51. The van der Waals surface area contributed by atoms with E-state index in [1.165, 1.54) is 0 Å². The summed E-state index contributed by atoms with van der Waals surface area (Å²) >= 11 is 0. The van der Waals surface area contributed by atoms with Gasteiger partial charge in [0.15, 0.2) is 0 Å². The zero-order valence-corrected chi connectivity index (χ0v) is 15.7. The predicted octanol–water partition coefficient (Wildman–Crippen LogP) is 2.19. The molecule has 0 N–H and O–H groups in total. The molecular formula is C18H33N3O3. The van der Waals surface area contributed by atoms with E-state index in [0.717, 1.165) is 71.5 Å². The van der Waals surface area contributed by atoms with Crippen molar-refractivity contribution in [3.8, 4) is 0 Å². The van der Waals surface area contributed by atoms with Gasteiger partial charge in [0, 0.05) is 39.3 Å². The van der Waals surface area contributed by atoms with E-state index in [0.29, 0.717) is 0 Å². The summed E-state index contributed by atoms with van der Waals surface area (Å²) in [5, 5.41) is 0. The van der Waals surface area contributed by atoms with Gasteiger partial charge < -0.3 is 19.4 Å². The minimum atomic E-state index is -0.450. The maximum Gasteiger partial charge on any atom is 0.410 e. The van der Waals surface area contributed by atoms with Crippen LogP contribution in [0.4, 0.5) is 4.79 Å². The van der Waals surface area contributed by atoms with Gasteiger partial charge in [0.05, 0.1) is 0 Å². The fraction of sp³-hybridized carbons (Fsp3) is 0.889. The number of hydrogen-bond donors (Lipinski definition) is 0. The first-order chi connectivity index (χ1) is 11.2. The Labute approximate surface area is 146 Å². The number of carbonyl (C=O) groups is 2. The molecule has 1 unspecified atom stereocenters. The number of hydrogen-bond acceptors (Lipinski definition) is 4. The second kappa shape index (κ2) is 7.72. The molecule has 2 rings (SSSR count). The van der Waals surface area contributed by atoms with E-state index in [-0.39, 0.29) is 11.5 Å². The van der Waals surface area contributed by atoms with E-state index >= 15 is 0 Å². The highest BCUT2D eigenvalue weighted by molar-refractivity contribution is 5.68. The summed E-state index contributed by atoms with van der Waals surface area (Å²) in [6.45, 7) is 14.1. The second-order valence-electron chi connectivity index (χ2n) is 8.59. The maximum absolute atomic E-state index is 12.4. The first kappa shape index (κ1) is 19.0. The average Bonchev–Trinajstić information content (AvgIpc) is 2.70. The normalized spacial score (nSPS) is 26.8. The molecule has 0 bridgehead atoms. The van der Waals surface area contributed by atoms with Crippen molar-refractivity contribution in [2.45, 2.75) is 52.6 Å². The molecule has 2 saturated heterocycles. The van der Waals surface area contributed by atoms with Crippen LogP contribution in [0, 0.1) is 5.41 Å². The van der Waals surface area contributed by atoms with E-state index in [1.807, 2.05) is 30.6 Å². The van der Waals surface area contributed by atoms with Crippen molar-refractivity contribution < 1.29 is 14.3 Å². The number of likely N-dealkylation sites (tertiary alicyclic amines) is 1. The van der Waals surface area contributed by atoms with Crippen molar-refractivity contribution in [2.75, 3.05) is 45.8 Å². The molecule has 0 aromatic rings. The maximum atomic E-state index is 12.4. The van der Waals surface area contributed by atoms with Gasteiger partial charge in [-0.25, -0.2) is 4.79 Å². The molecule has 0 aromatic heterocycles. The highest BCUT2D eigenvalue weighted by atomic mass is 16.6. The molecule has 2 amide bonds. The van der Waals surface area contributed by atoms with E-state index in [1.54, 1.807) is 0 Å². The predicted molar refractivity (Wildman–Crippen MR) is 93.8 cm³/mol. The summed E-state index contributed by atoms with van der Waals surface area (Å²) in [5.41, 5.74) is -0.362. The van der Waals surface area contributed by atoms with Gasteiger partial charge >= 0.3 is 6.09 Å². The van der Waals surface area contributed by atoms with Crippen molar-refractivity contribution in [1.82, 2.24) is 14.7 Å². The summed E-state index contributed by atoms with van der Waals surface area (Å²) in [5.74, 6) is 0. The Balaban J connectivity index is 1.91. The van der Waals surface area contributed by atoms with Crippen molar-refractivity contribution >= 4 is 12.5 Å². The summed E-state index contributed by atoms with van der Waals surface area (Å²) in [4.78, 5) is 29.5. The number of rotatable bonds is 3. The smallest absolute Gasteiger partial charge is 0.410 e. The molecule has 0 radical (unpaired) electrons. The third-order valence-corrected chi connectivity index (χ3v) is 4.81. The molecule has 6 nitrogen and oxygen atoms in total. The van der Waals surface area contributed by atoms with Gasteiger partial charge in [-0.2, -0.15) is 0 Å². The van der Waals surface area contributed by atoms with Gasteiger partial charge in [-0.1, -0.05) is 6.92 Å². The van der Waals surface area contributed by atoms with E-state index < -0.39 is 5.60 Å². The van der Waals surface area contributed by atoms with E-state index in [4.69, 9.17) is 4.74 Å². The van der Waals surface area contributed by atoms with Crippen LogP contribution in [0.3, 0.4) is 0 Å². The Morgan fingerprint density at radius 2 is 1.88 bits per heavy atom. The molecule has 0 spiro atoms. The van der Waals surface area contributed by atoms with Crippen LogP contribution in [-0.2, 0) is 9.53 Å². The monoisotopic (exact) mass is 339 g/mol. The summed E-state index contributed by atoms with van der Waals surface area (Å²) < 4.78 is 5.54. The van der Waals surface area contributed by atoms with Gasteiger partial charge in [0.25, 0.3) is 0 Å². The summed E-state index contributed by atoms with van der Waals surface area (Å²) in [6.07, 6.45) is 3.92. The third kappa shape index (κ3) is 5.65. The highest BCUT2D eigenvalue weighted by Crippen LogP contribution is 2.31. The number of nitrogens with zero attached hydrogens (tertiary/aromatic N) is 3. The number of amides is 2. The fourth-order valence-corrected chi connectivity index (χ4v) is 3.72. The Hall–Kier alpha value is -1.30. The van der Waals surface area contributed by atoms with Gasteiger partial charge in [-0.3, -0.25) is 4.79 Å². The average molecular weight is 339 g/mol. The van der Waals surface area contributed by atoms with Crippen LogP contribution in [0.15, 0.2) is 0 Å². The lowest BCUT2D eigenvalue weighted by molar-refractivity contribution is -0.118. The van der Waals surface area contributed by atoms with Crippen molar-refractivity contribution in [3.05, 3.63) is 0 Å². The topological polar surface area (TPSA) is 53.1 Å². The molecule has 24 heavy (non-hydrogen) atoms. The number of piperidine rings is 1. The van der Waals surface area contributed by atoms with Crippen LogP contribution in [0.1, 0.15) is 47.0 Å². The molecule has 0 saturated carbocycles. The Morgan fingerprint density at radius 1 is 1.12 bits per heavy atom. The van der Waals surface area contributed by atoms with E-state index in [2.05, 4.69) is 11.8 Å². The number of carbonyl (C=O) groups excluding carboxylic acids is 2. The van der Waals surface area contributed by atoms with Crippen LogP contribution < -0.4 is 0 Å². The molecule has 0 aliphatic carbocycles. The lowest BCUT2D eigenvalue weighted by atomic mass is 9.81. The molecule has 1 atom stereocenters. The molecule has 2 fully saturated rings. The van der Waals surface area contributed by atoms with Gasteiger partial charge in [-0.15, -0.1) is 0 Å². The Morgan fingerprint density at radius 3 is 2.54 bits per heavy atom. The Kier molecular flexibility index (Phi) is 6.12. The summed E-state index contributed by atoms with van der Waals surface area (Å²) in [7, 11) is 0. The minimum Gasteiger partial charge on any atom is -0.444 e. The largest absolute Gasteiger partial charge is 0.444 e. The zero-order chi connectivity index (χ0) is 17.8. The van der Waals surface area contributed by atoms with Crippen molar-refractivity contribution in [1.29, 1.82) is 0 Å². The second-order valence-corrected chi connectivity index (χ2v) is 8.59. The van der Waals surface area contributed by atoms with E-state index in [9.17, 15) is 9.59 Å². The molecule has 138 valence electrons. The first-order valence-electron chi connectivity index (χ1n) is 9.10. The highest BCUT2D eigenvalue weighted by Gasteiger charge is 2.36. The van der Waals surface area contributed by atoms with Crippen LogP contribution in [-0.4, -0.2) is 78.6 Å². The molecule has 2 aliphatic rings. The minimum absolute atomic E-state index is 0.0888. The van der Waals surface area contributed by atoms with Gasteiger partial charge in [-0.05, 0) is 52.0 Å². The molecule has 0 aromatic carbocycles. The van der Waals surface area contributed by atoms with Crippen LogP contribution >= 0.6 is 0 Å². The molecular weight excluding hydrogens is 306 g/mol. The zero-order valence-electron chi connectivity index (χ0n) is 15.7. The first-order valence-corrected chi connectivity index (χ1v) is 9.10. The molecule has 2 aliphatic heterocycles. The lowest BCUT2D eigenvalue weighted by Gasteiger charge is -2.43. The quantitative estimate of drug-likeness (QED) is 0.740. The van der Waals surface area contributed by atoms with Crippen LogP contribution in [0.25, 0.3) is 0 Å². The SMILES string of the molecule is CC1(CN2CCCN(C=O)CC2)CCCN(C(=O)OC(C)(C)C)C1. The fourth-order valence-electron chi connectivity index (χ4n) is 3.72. The summed E-state index contributed by atoms with van der Waals surface area (Å²) in [6, 6.07) is 0. The third-order valence-electron chi connectivity index (χ3n) is 4.81. The molecule has 6 heteroatoms. The standard InChI is InChI=1S/C18H33N3O3/c1-17(2,3)24-16(23)21-10-5-7-18(4,14-21)13-19-8-6-9-20(15-22)12-11-19/h15H,5-14H2,1-4H3. The van der Waals surface area contributed by atoms with Crippen LogP contribution in [0.2, 0.25) is 0 Å². The van der Waals surface area contributed by atoms with Gasteiger partial charge in [0.2, 0.25) is 6.41 Å². The van der Waals surface area contributed by atoms with Crippen molar-refractivity contribution in [3.63, 3.8) is 0 Å².